The highest BCUT2D eigenvalue weighted by atomic mass is 16.6. The van der Waals surface area contributed by atoms with Crippen LogP contribution in [0.25, 0.3) is 21.9 Å². The first-order chi connectivity index (χ1) is 27.5. The number of nitrogens with zero attached hydrogens (tertiary/aromatic N) is 1. The molecule has 57 heavy (non-hydrogen) atoms. The number of unbranched alkanes of at least 4 members (excludes halogenated alkanes) is 1. The number of aliphatic carboxylic acids is 1. The average Bonchev–Trinajstić information content (AvgIpc) is 3.18. The first-order valence-corrected chi connectivity index (χ1v) is 19.9. The number of carboxylic acids is 1. The summed E-state index contributed by atoms with van der Waals surface area (Å²) in [7, 11) is 0. The molecule has 0 bridgehead atoms. The Balaban J connectivity index is 1.30. The van der Waals surface area contributed by atoms with Crippen molar-refractivity contribution < 1.29 is 38.4 Å². The number of ether oxygens (including phenoxy) is 4. The fraction of sp³-hybridized carbons (Fsp3) is 0.467. The fourth-order valence-corrected chi connectivity index (χ4v) is 6.02. The summed E-state index contributed by atoms with van der Waals surface area (Å²) in [5, 5.41) is 21.0. The van der Waals surface area contributed by atoms with Crippen LogP contribution >= 0.6 is 0 Å². The molecule has 1 heterocycles. The maximum atomic E-state index is 13.7. The van der Waals surface area contributed by atoms with Crippen LogP contribution in [0.15, 0.2) is 85.1 Å². The predicted molar refractivity (Wildman–Crippen MR) is 223 cm³/mol. The van der Waals surface area contributed by atoms with E-state index in [1.807, 2.05) is 67.6 Å². The normalized spacial score (nSPS) is 12.6. The Morgan fingerprint density at radius 3 is 2.12 bits per heavy atom. The van der Waals surface area contributed by atoms with Gasteiger partial charge in [0.15, 0.2) is 0 Å². The van der Waals surface area contributed by atoms with E-state index in [2.05, 4.69) is 59.9 Å². The Kier molecular flexibility index (Phi) is 18.9. The Hall–Kier alpha value is -4.88. The largest absolute Gasteiger partial charge is 0.481 e. The molecule has 0 spiro atoms. The van der Waals surface area contributed by atoms with Crippen LogP contribution in [0.4, 0.5) is 5.82 Å². The number of hydrogen-bond acceptors (Lipinski definition) is 9. The zero-order valence-electron chi connectivity index (χ0n) is 33.9. The van der Waals surface area contributed by atoms with Crippen LogP contribution in [-0.2, 0) is 33.3 Å². The van der Waals surface area contributed by atoms with E-state index in [0.29, 0.717) is 51.6 Å². The molecule has 2 amide bonds. The van der Waals surface area contributed by atoms with E-state index in [-0.39, 0.29) is 44.0 Å². The summed E-state index contributed by atoms with van der Waals surface area (Å²) >= 11 is 0. The zero-order valence-corrected chi connectivity index (χ0v) is 33.9. The molecule has 4 aromatic rings. The number of benzene rings is 3. The van der Waals surface area contributed by atoms with Gasteiger partial charge >= 0.3 is 5.97 Å². The van der Waals surface area contributed by atoms with E-state index in [9.17, 15) is 19.5 Å². The van der Waals surface area contributed by atoms with E-state index in [0.717, 1.165) is 46.1 Å². The van der Waals surface area contributed by atoms with Crippen molar-refractivity contribution in [3.8, 4) is 11.1 Å². The van der Waals surface area contributed by atoms with Crippen LogP contribution in [0.2, 0.25) is 0 Å². The third kappa shape index (κ3) is 17.0. The second-order valence-corrected chi connectivity index (χ2v) is 15.3. The van der Waals surface area contributed by atoms with Crippen molar-refractivity contribution in [1.29, 1.82) is 0 Å². The number of fused-ring (bicyclic) bond motifs is 1. The molecule has 1 aromatic heterocycles. The maximum Gasteiger partial charge on any atom is 0.305 e. The Bertz CT molecular complexity index is 1820. The first-order valence-electron chi connectivity index (χ1n) is 19.9. The number of aryl methyl sites for hydroxylation is 1. The number of carboxylic acid groups (broad SMARTS) is 1. The molecule has 0 saturated carbocycles. The van der Waals surface area contributed by atoms with Crippen molar-refractivity contribution >= 4 is 34.4 Å². The van der Waals surface area contributed by atoms with E-state index >= 15 is 0 Å². The van der Waals surface area contributed by atoms with Gasteiger partial charge in [-0.1, -0.05) is 87.5 Å². The van der Waals surface area contributed by atoms with Crippen molar-refractivity contribution in [3.63, 3.8) is 0 Å². The van der Waals surface area contributed by atoms with E-state index in [4.69, 9.17) is 18.9 Å². The summed E-state index contributed by atoms with van der Waals surface area (Å²) in [6.45, 7) is 12.0. The monoisotopic (exact) mass is 784 g/mol. The number of hydrogen-bond donors (Lipinski definition) is 4. The molecule has 12 heteroatoms. The zero-order chi connectivity index (χ0) is 40.9. The van der Waals surface area contributed by atoms with Gasteiger partial charge in [0.25, 0.3) is 0 Å². The Morgan fingerprint density at radius 1 is 0.772 bits per heavy atom. The topological polar surface area (TPSA) is 157 Å². The molecular weight excluding hydrogens is 725 g/mol. The van der Waals surface area contributed by atoms with Crippen molar-refractivity contribution in [3.05, 3.63) is 96.2 Å². The lowest BCUT2D eigenvalue weighted by atomic mass is 9.93. The molecule has 0 fully saturated rings. The number of carbonyl (C=O) groups excluding carboxylic acids is 2. The Morgan fingerprint density at radius 2 is 1.44 bits per heavy atom. The summed E-state index contributed by atoms with van der Waals surface area (Å²) in [5.74, 6) is -1.14. The van der Waals surface area contributed by atoms with Gasteiger partial charge in [-0.25, -0.2) is 4.98 Å². The minimum absolute atomic E-state index is 0.121. The second kappa shape index (κ2) is 24.0. The second-order valence-electron chi connectivity index (χ2n) is 15.3. The van der Waals surface area contributed by atoms with Crippen LogP contribution < -0.4 is 16.0 Å². The average molecular weight is 785 g/mol. The molecule has 308 valence electrons. The molecule has 0 unspecified atom stereocenters. The number of carbonyl (C=O) groups is 3. The van der Waals surface area contributed by atoms with Crippen LogP contribution in [0, 0.1) is 12.3 Å². The third-order valence-corrected chi connectivity index (χ3v) is 9.21. The van der Waals surface area contributed by atoms with Gasteiger partial charge in [0.2, 0.25) is 11.8 Å². The maximum absolute atomic E-state index is 13.7. The lowest BCUT2D eigenvalue weighted by Crippen LogP contribution is -2.50. The van der Waals surface area contributed by atoms with Gasteiger partial charge in [0, 0.05) is 25.8 Å². The number of aromatic nitrogens is 1. The lowest BCUT2D eigenvalue weighted by molar-refractivity contribution is -0.138. The van der Waals surface area contributed by atoms with Crippen molar-refractivity contribution in [1.82, 2.24) is 15.6 Å². The highest BCUT2D eigenvalue weighted by Crippen LogP contribution is 2.30. The molecule has 2 atom stereocenters. The van der Waals surface area contributed by atoms with Gasteiger partial charge in [-0.3, -0.25) is 14.4 Å². The molecule has 0 aliphatic carbocycles. The smallest absolute Gasteiger partial charge is 0.305 e. The van der Waals surface area contributed by atoms with Gasteiger partial charge in [-0.05, 0) is 76.8 Å². The fourth-order valence-electron chi connectivity index (χ4n) is 6.02. The third-order valence-electron chi connectivity index (χ3n) is 9.21. The van der Waals surface area contributed by atoms with E-state index in [1.54, 1.807) is 6.20 Å². The molecule has 0 aliphatic heterocycles. The molecule has 4 rings (SSSR count). The van der Waals surface area contributed by atoms with Crippen LogP contribution in [0.3, 0.4) is 0 Å². The van der Waals surface area contributed by atoms with Crippen molar-refractivity contribution in [2.24, 2.45) is 5.41 Å². The van der Waals surface area contributed by atoms with Crippen LogP contribution in [0.5, 0.6) is 0 Å². The van der Waals surface area contributed by atoms with Gasteiger partial charge in [-0.15, -0.1) is 0 Å². The molecule has 0 radical (unpaired) electrons. The summed E-state index contributed by atoms with van der Waals surface area (Å²) in [6.07, 6.45) is 3.89. The van der Waals surface area contributed by atoms with Crippen LogP contribution in [-0.4, -0.2) is 93.3 Å². The first kappa shape index (κ1) is 44.8. The summed E-state index contributed by atoms with van der Waals surface area (Å²) in [4.78, 5) is 43.1. The highest BCUT2D eigenvalue weighted by molar-refractivity contribution is 5.96. The molecule has 0 saturated heterocycles. The summed E-state index contributed by atoms with van der Waals surface area (Å²) < 4.78 is 22.6. The SMILES string of the molecule is Cc1ccnc(NCCCCC(=O)N[C@@H](COCCOCCOCCOCCC(C)(C)C)C(=O)N[C@@H](CC(=O)O)c2ccc(-c3cccc4ccccc34)cc2)c1. The molecule has 0 aliphatic rings. The van der Waals surface area contributed by atoms with Gasteiger partial charge < -0.3 is 40.0 Å². The number of anilines is 1. The minimum atomic E-state index is -1.07. The van der Waals surface area contributed by atoms with Crippen molar-refractivity contribution in [2.75, 3.05) is 64.7 Å². The predicted octanol–water partition coefficient (Wildman–Crippen LogP) is 7.11. The van der Waals surface area contributed by atoms with Gasteiger partial charge in [-0.2, -0.15) is 0 Å². The molecule has 4 N–H and O–H groups in total. The molecular formula is C45H60N4O8. The summed E-state index contributed by atoms with van der Waals surface area (Å²) in [5.41, 5.74) is 3.98. The number of pyridine rings is 1. The Labute approximate surface area is 337 Å². The van der Waals surface area contributed by atoms with E-state index < -0.39 is 24.0 Å². The number of nitrogens with one attached hydrogen (secondary N) is 3. The van der Waals surface area contributed by atoms with Crippen LogP contribution in [0.1, 0.15) is 70.0 Å². The quantitative estimate of drug-likeness (QED) is 0.0484. The van der Waals surface area contributed by atoms with Crippen molar-refractivity contribution in [2.45, 2.75) is 71.9 Å². The van der Waals surface area contributed by atoms with Gasteiger partial charge in [0.1, 0.15) is 11.9 Å². The molecule has 12 nitrogen and oxygen atoms in total. The number of rotatable bonds is 26. The van der Waals surface area contributed by atoms with Gasteiger partial charge in [0.05, 0.1) is 58.7 Å². The summed E-state index contributed by atoms with van der Waals surface area (Å²) in [6, 6.07) is 23.7. The minimum Gasteiger partial charge on any atom is -0.481 e. The number of amides is 2. The van der Waals surface area contributed by atoms with E-state index in [1.165, 1.54) is 0 Å². The lowest BCUT2D eigenvalue weighted by Gasteiger charge is -2.23. The standard InChI is InChI=1S/C45H60N4O8/c1-33-19-22-47-41(30-33)46-21-8-7-14-42(50)48-40(32-57-29-28-56-27-26-55-25-24-54-23-20-45(2,3)4)44(53)49-39(31-43(51)52)36-17-15-35(16-18-36)38-13-9-11-34-10-5-6-12-37(34)38/h5-6,9-13,15-19,22,30,39-40H,7-8,14,20-21,23-29,31-32H2,1-4H3,(H,46,47)(H,48,50)(H,49,53)(H,51,52)/t39-,40-/m0/s1. The molecule has 3 aromatic carbocycles. The highest BCUT2D eigenvalue weighted by Gasteiger charge is 2.26.